The highest BCUT2D eigenvalue weighted by Gasteiger charge is 2.30. The molecule has 1 rings (SSSR count). The van der Waals surface area contributed by atoms with Crippen LogP contribution in [0.25, 0.3) is 0 Å². The molecule has 84 valence electrons. The maximum absolute atomic E-state index is 3.79. The first kappa shape index (κ1) is 12.4. The van der Waals surface area contributed by atoms with Crippen molar-refractivity contribution in [1.82, 2.24) is 5.32 Å². The quantitative estimate of drug-likeness (QED) is 0.753. The SMILES string of the molecule is CCCC(CC)C1NC(C(C)C)CS1. The Morgan fingerprint density at radius 2 is 2.07 bits per heavy atom. The number of thioether (sulfide) groups is 1. The second-order valence-electron chi connectivity index (χ2n) is 4.73. The smallest absolute Gasteiger partial charge is 0.0563 e. The van der Waals surface area contributed by atoms with Gasteiger partial charge in [-0.3, -0.25) is 0 Å². The van der Waals surface area contributed by atoms with Crippen LogP contribution in [0.5, 0.6) is 0 Å². The zero-order valence-corrected chi connectivity index (χ0v) is 10.9. The molecule has 0 bridgehead atoms. The first-order valence-electron chi connectivity index (χ1n) is 6.06. The van der Waals surface area contributed by atoms with Gasteiger partial charge in [0, 0.05) is 11.8 Å². The average molecular weight is 215 g/mol. The Balaban J connectivity index is 2.39. The monoisotopic (exact) mass is 215 g/mol. The zero-order chi connectivity index (χ0) is 10.6. The van der Waals surface area contributed by atoms with E-state index in [0.29, 0.717) is 0 Å². The molecule has 1 saturated heterocycles. The van der Waals surface area contributed by atoms with Gasteiger partial charge in [0.2, 0.25) is 0 Å². The molecule has 0 amide bonds. The van der Waals surface area contributed by atoms with Gasteiger partial charge in [-0.2, -0.15) is 0 Å². The van der Waals surface area contributed by atoms with Crippen LogP contribution in [0.2, 0.25) is 0 Å². The molecule has 1 nitrogen and oxygen atoms in total. The maximum Gasteiger partial charge on any atom is 0.0563 e. The van der Waals surface area contributed by atoms with Crippen molar-refractivity contribution in [3.8, 4) is 0 Å². The molecular weight excluding hydrogens is 190 g/mol. The Kier molecular flexibility index (Phi) is 5.32. The van der Waals surface area contributed by atoms with Crippen LogP contribution in [0.15, 0.2) is 0 Å². The average Bonchev–Trinajstić information content (AvgIpc) is 2.63. The number of nitrogens with one attached hydrogen (secondary N) is 1. The fourth-order valence-corrected chi connectivity index (χ4v) is 3.88. The summed E-state index contributed by atoms with van der Waals surface area (Å²) in [6.45, 7) is 9.26. The van der Waals surface area contributed by atoms with Crippen LogP contribution in [0.3, 0.4) is 0 Å². The van der Waals surface area contributed by atoms with Crippen molar-refractivity contribution < 1.29 is 0 Å². The van der Waals surface area contributed by atoms with Crippen LogP contribution >= 0.6 is 11.8 Å². The summed E-state index contributed by atoms with van der Waals surface area (Å²) in [5.74, 6) is 2.98. The van der Waals surface area contributed by atoms with Gasteiger partial charge in [-0.15, -0.1) is 11.8 Å². The molecular formula is C12H25NS. The molecule has 0 saturated carbocycles. The third-order valence-electron chi connectivity index (χ3n) is 3.25. The lowest BCUT2D eigenvalue weighted by molar-refractivity contribution is 0.359. The highest BCUT2D eigenvalue weighted by molar-refractivity contribution is 8.00. The van der Waals surface area contributed by atoms with E-state index in [0.717, 1.165) is 23.3 Å². The summed E-state index contributed by atoms with van der Waals surface area (Å²) >= 11 is 2.14. The number of hydrogen-bond donors (Lipinski definition) is 1. The van der Waals surface area contributed by atoms with Crippen molar-refractivity contribution in [2.24, 2.45) is 11.8 Å². The Hall–Kier alpha value is 0.310. The Bertz CT molecular complexity index is 158. The molecule has 1 fully saturated rings. The van der Waals surface area contributed by atoms with E-state index in [2.05, 4.69) is 44.8 Å². The summed E-state index contributed by atoms with van der Waals surface area (Å²) in [6.07, 6.45) is 4.03. The molecule has 3 atom stereocenters. The van der Waals surface area contributed by atoms with Crippen LogP contribution in [0.4, 0.5) is 0 Å². The summed E-state index contributed by atoms with van der Waals surface area (Å²) in [5.41, 5.74) is 0. The zero-order valence-electron chi connectivity index (χ0n) is 10.0. The van der Waals surface area contributed by atoms with E-state index in [1.165, 1.54) is 25.0 Å². The molecule has 0 radical (unpaired) electrons. The summed E-state index contributed by atoms with van der Waals surface area (Å²) in [7, 11) is 0. The highest BCUT2D eigenvalue weighted by Crippen LogP contribution is 2.31. The van der Waals surface area contributed by atoms with Gasteiger partial charge in [-0.25, -0.2) is 0 Å². The van der Waals surface area contributed by atoms with Crippen molar-refractivity contribution in [2.45, 2.75) is 58.4 Å². The summed E-state index contributed by atoms with van der Waals surface area (Å²) in [5, 5.41) is 4.52. The molecule has 0 aromatic rings. The second-order valence-corrected chi connectivity index (χ2v) is 5.90. The van der Waals surface area contributed by atoms with Crippen molar-refractivity contribution in [3.05, 3.63) is 0 Å². The molecule has 0 aromatic heterocycles. The predicted octanol–water partition coefficient (Wildman–Crippen LogP) is 3.50. The van der Waals surface area contributed by atoms with E-state index in [1.807, 2.05) is 0 Å². The molecule has 3 unspecified atom stereocenters. The first-order valence-corrected chi connectivity index (χ1v) is 7.11. The maximum atomic E-state index is 3.79. The molecule has 0 spiro atoms. The van der Waals surface area contributed by atoms with Gasteiger partial charge in [-0.1, -0.05) is 40.5 Å². The number of hydrogen-bond acceptors (Lipinski definition) is 2. The van der Waals surface area contributed by atoms with Gasteiger partial charge < -0.3 is 5.32 Å². The van der Waals surface area contributed by atoms with Crippen molar-refractivity contribution in [2.75, 3.05) is 5.75 Å². The van der Waals surface area contributed by atoms with Gasteiger partial charge >= 0.3 is 0 Å². The van der Waals surface area contributed by atoms with E-state index in [9.17, 15) is 0 Å². The van der Waals surface area contributed by atoms with Crippen molar-refractivity contribution >= 4 is 11.8 Å². The normalized spacial score (nSPS) is 29.8. The third kappa shape index (κ3) is 3.16. The van der Waals surface area contributed by atoms with E-state index in [1.54, 1.807) is 0 Å². The minimum atomic E-state index is 0.729. The molecule has 0 aliphatic carbocycles. The highest BCUT2D eigenvalue weighted by atomic mass is 32.2. The second kappa shape index (κ2) is 6.02. The van der Waals surface area contributed by atoms with Gasteiger partial charge in [-0.05, 0) is 18.3 Å². The van der Waals surface area contributed by atoms with Gasteiger partial charge in [0.15, 0.2) is 0 Å². The van der Waals surface area contributed by atoms with Crippen LogP contribution in [-0.4, -0.2) is 17.2 Å². The van der Waals surface area contributed by atoms with Gasteiger partial charge in [0.25, 0.3) is 0 Å². The fraction of sp³-hybridized carbons (Fsp3) is 1.00. The minimum absolute atomic E-state index is 0.729. The Labute approximate surface area is 93.4 Å². The van der Waals surface area contributed by atoms with E-state index >= 15 is 0 Å². The lowest BCUT2D eigenvalue weighted by Crippen LogP contribution is -2.37. The van der Waals surface area contributed by atoms with Gasteiger partial charge in [0.1, 0.15) is 0 Å². The van der Waals surface area contributed by atoms with Crippen LogP contribution in [-0.2, 0) is 0 Å². The van der Waals surface area contributed by atoms with Crippen LogP contribution in [0.1, 0.15) is 47.0 Å². The standard InChI is InChI=1S/C12H25NS/c1-5-7-10(6-2)12-13-11(8-14-12)9(3)4/h9-13H,5-8H2,1-4H3. The molecule has 1 N–H and O–H groups in total. The largest absolute Gasteiger partial charge is 0.301 e. The lowest BCUT2D eigenvalue weighted by Gasteiger charge is -2.23. The summed E-state index contributed by atoms with van der Waals surface area (Å²) < 4.78 is 0. The number of rotatable bonds is 5. The van der Waals surface area contributed by atoms with E-state index in [4.69, 9.17) is 0 Å². The summed E-state index contributed by atoms with van der Waals surface area (Å²) in [6, 6.07) is 0.746. The Morgan fingerprint density at radius 3 is 2.50 bits per heavy atom. The lowest BCUT2D eigenvalue weighted by atomic mass is 9.99. The first-order chi connectivity index (χ1) is 6.69. The molecule has 1 aliphatic rings. The Morgan fingerprint density at radius 1 is 1.36 bits per heavy atom. The van der Waals surface area contributed by atoms with E-state index < -0.39 is 0 Å². The fourth-order valence-electron chi connectivity index (χ4n) is 2.11. The van der Waals surface area contributed by atoms with E-state index in [-0.39, 0.29) is 0 Å². The molecule has 2 heteroatoms. The topological polar surface area (TPSA) is 12.0 Å². The molecule has 0 aromatic carbocycles. The predicted molar refractivity (Wildman–Crippen MR) is 66.7 cm³/mol. The van der Waals surface area contributed by atoms with Crippen molar-refractivity contribution in [3.63, 3.8) is 0 Å². The third-order valence-corrected chi connectivity index (χ3v) is 4.68. The molecule has 1 heterocycles. The minimum Gasteiger partial charge on any atom is -0.301 e. The van der Waals surface area contributed by atoms with Crippen LogP contribution < -0.4 is 5.32 Å². The van der Waals surface area contributed by atoms with Gasteiger partial charge in [0.05, 0.1) is 5.37 Å². The van der Waals surface area contributed by atoms with Crippen molar-refractivity contribution in [1.29, 1.82) is 0 Å². The van der Waals surface area contributed by atoms with Crippen LogP contribution in [0, 0.1) is 11.8 Å². The molecule has 1 aliphatic heterocycles. The summed E-state index contributed by atoms with van der Waals surface area (Å²) in [4.78, 5) is 0. The molecule has 14 heavy (non-hydrogen) atoms.